The van der Waals surface area contributed by atoms with E-state index in [2.05, 4.69) is 39.9 Å². The van der Waals surface area contributed by atoms with E-state index < -0.39 is 22.7 Å². The Morgan fingerprint density at radius 3 is 2.62 bits per heavy atom. The summed E-state index contributed by atoms with van der Waals surface area (Å²) in [4.78, 5) is 29.7. The number of nitrogens with one attached hydrogen (secondary N) is 3. The normalized spacial score (nSPS) is 13.1. The lowest BCUT2D eigenvalue weighted by Gasteiger charge is -2.18. The van der Waals surface area contributed by atoms with Crippen molar-refractivity contribution in [1.29, 1.82) is 0 Å². The highest BCUT2D eigenvalue weighted by molar-refractivity contribution is 7.17. The second-order valence-electron chi connectivity index (χ2n) is 9.86. The number of aryl methyl sites for hydroxylation is 1. The van der Waals surface area contributed by atoms with E-state index in [0.717, 1.165) is 73.4 Å². The predicted octanol–water partition coefficient (Wildman–Crippen LogP) is 6.36. The Labute approximate surface area is 252 Å². The molecule has 0 saturated carbocycles. The van der Waals surface area contributed by atoms with Gasteiger partial charge in [-0.25, -0.2) is 5.43 Å². The van der Waals surface area contributed by atoms with Crippen LogP contribution in [0.2, 0.25) is 5.02 Å². The van der Waals surface area contributed by atoms with Crippen LogP contribution < -0.4 is 16.1 Å². The first-order chi connectivity index (χ1) is 20.1. The number of carbonyl (C=O) groups excluding carboxylic acids is 2. The van der Waals surface area contributed by atoms with Crippen LogP contribution in [0.15, 0.2) is 47.6 Å². The number of halogens is 4. The Hall–Kier alpha value is -3.25. The lowest BCUT2D eigenvalue weighted by Crippen LogP contribution is -2.31. The molecule has 1 aliphatic carbocycles. The maximum Gasteiger partial charge on any atom is 0.417 e. The van der Waals surface area contributed by atoms with E-state index in [9.17, 15) is 22.8 Å². The van der Waals surface area contributed by atoms with Crippen LogP contribution in [-0.2, 0) is 25.6 Å². The fourth-order valence-corrected chi connectivity index (χ4v) is 6.31. The number of nitrogens with zero attached hydrogens (tertiary/aromatic N) is 2. The quantitative estimate of drug-likeness (QED) is 0.125. The molecule has 0 bridgehead atoms. The number of hydrogen-bond donors (Lipinski definition) is 3. The summed E-state index contributed by atoms with van der Waals surface area (Å²) in [5.74, 6) is -0.879. The average molecular weight is 620 g/mol. The molecule has 1 aromatic heterocycles. The van der Waals surface area contributed by atoms with Gasteiger partial charge in [0.2, 0.25) is 0 Å². The van der Waals surface area contributed by atoms with Crippen molar-refractivity contribution in [2.75, 3.05) is 31.5 Å². The minimum atomic E-state index is -4.62. The van der Waals surface area contributed by atoms with Gasteiger partial charge in [0.25, 0.3) is 11.8 Å². The second kappa shape index (κ2) is 14.3. The number of hydrogen-bond acceptors (Lipinski definition) is 6. The number of thiophene rings is 1. The highest BCUT2D eigenvalue weighted by atomic mass is 35.5. The summed E-state index contributed by atoms with van der Waals surface area (Å²) in [6, 6.07) is 10.7. The standard InChI is InChI=1S/C30H33ClF3N5O2S/c1-3-39(4-2)14-13-35-17-19-7-5-8-21(15-19)27(40)37-29-26(22-9-6-10-25(22)42-29)28(41)38-36-18-20-11-12-24(31)23(16-20)30(32,33)34/h5,7-8,11-12,15-16,18,35H,3-4,6,9-10,13-14,17H2,1-2H3,(H,37,40)(H,38,41). The third-order valence-corrected chi connectivity index (χ3v) is 8.61. The van der Waals surface area contributed by atoms with Crippen molar-refractivity contribution in [3.05, 3.63) is 85.7 Å². The summed E-state index contributed by atoms with van der Waals surface area (Å²) < 4.78 is 39.5. The van der Waals surface area contributed by atoms with E-state index >= 15 is 0 Å². The van der Waals surface area contributed by atoms with Gasteiger partial charge in [-0.2, -0.15) is 18.3 Å². The third kappa shape index (κ3) is 7.97. The monoisotopic (exact) mass is 619 g/mol. The molecule has 0 unspecified atom stereocenters. The lowest BCUT2D eigenvalue weighted by atomic mass is 10.1. The highest BCUT2D eigenvalue weighted by Crippen LogP contribution is 2.39. The van der Waals surface area contributed by atoms with Gasteiger partial charge in [-0.3, -0.25) is 9.59 Å². The van der Waals surface area contributed by atoms with Crippen LogP contribution in [-0.4, -0.2) is 49.1 Å². The summed E-state index contributed by atoms with van der Waals surface area (Å²) in [5.41, 5.74) is 4.18. The molecule has 224 valence electrons. The average Bonchev–Trinajstić information content (AvgIpc) is 3.54. The van der Waals surface area contributed by atoms with E-state index in [4.69, 9.17) is 11.6 Å². The van der Waals surface area contributed by atoms with Crippen molar-refractivity contribution in [3.8, 4) is 0 Å². The van der Waals surface area contributed by atoms with Gasteiger partial charge in [-0.1, -0.05) is 43.6 Å². The topological polar surface area (TPSA) is 85.8 Å². The number of fused-ring (bicyclic) bond motifs is 1. The molecule has 3 N–H and O–H groups in total. The van der Waals surface area contributed by atoms with Crippen LogP contribution in [0.4, 0.5) is 18.2 Å². The molecule has 3 aromatic rings. The molecule has 4 rings (SSSR count). The van der Waals surface area contributed by atoms with E-state index in [-0.39, 0.29) is 11.5 Å². The maximum atomic E-state index is 13.2. The van der Waals surface area contributed by atoms with Crippen LogP contribution in [0.3, 0.4) is 0 Å². The fraction of sp³-hybridized carbons (Fsp3) is 0.367. The molecule has 12 heteroatoms. The molecule has 1 heterocycles. The molecule has 0 saturated heterocycles. The van der Waals surface area contributed by atoms with Crippen LogP contribution in [0.1, 0.15) is 68.1 Å². The Kier molecular flexibility index (Phi) is 10.8. The zero-order valence-electron chi connectivity index (χ0n) is 23.4. The molecule has 0 aliphatic heterocycles. The van der Waals surface area contributed by atoms with Crippen molar-refractivity contribution >= 4 is 46.0 Å². The molecule has 2 amide bonds. The fourth-order valence-electron chi connectivity index (χ4n) is 4.80. The Bertz CT molecular complexity index is 1450. The second-order valence-corrected chi connectivity index (χ2v) is 11.4. The molecular formula is C30H33ClF3N5O2S. The van der Waals surface area contributed by atoms with Crippen LogP contribution in [0.5, 0.6) is 0 Å². The maximum absolute atomic E-state index is 13.2. The van der Waals surface area contributed by atoms with Crippen LogP contribution in [0, 0.1) is 0 Å². The van der Waals surface area contributed by atoms with Gasteiger partial charge in [0, 0.05) is 30.1 Å². The van der Waals surface area contributed by atoms with Crippen LogP contribution in [0.25, 0.3) is 0 Å². The van der Waals surface area contributed by atoms with Crippen molar-refractivity contribution in [1.82, 2.24) is 15.6 Å². The van der Waals surface area contributed by atoms with Crippen molar-refractivity contribution in [2.24, 2.45) is 5.10 Å². The molecule has 1 aliphatic rings. The zero-order valence-corrected chi connectivity index (χ0v) is 25.0. The smallest absolute Gasteiger partial charge is 0.313 e. The minimum Gasteiger partial charge on any atom is -0.313 e. The van der Waals surface area contributed by atoms with E-state index in [0.29, 0.717) is 29.1 Å². The molecule has 2 aromatic carbocycles. The zero-order chi connectivity index (χ0) is 30.3. The first kappa shape index (κ1) is 31.7. The number of rotatable bonds is 12. The number of carbonyl (C=O) groups is 2. The van der Waals surface area contributed by atoms with Crippen molar-refractivity contribution in [2.45, 2.75) is 45.8 Å². The first-order valence-corrected chi connectivity index (χ1v) is 15.0. The van der Waals surface area contributed by atoms with Crippen LogP contribution >= 0.6 is 22.9 Å². The number of alkyl halides is 3. The van der Waals surface area contributed by atoms with Crippen molar-refractivity contribution in [3.63, 3.8) is 0 Å². The summed E-state index contributed by atoms with van der Waals surface area (Å²) in [6.07, 6.45) is -1.10. The summed E-state index contributed by atoms with van der Waals surface area (Å²) in [5, 5.41) is 10.2. The number of amides is 2. The molecule has 0 fully saturated rings. The van der Waals surface area contributed by atoms with Gasteiger partial charge < -0.3 is 15.5 Å². The molecule has 0 radical (unpaired) electrons. The van der Waals surface area contributed by atoms with Gasteiger partial charge in [0.1, 0.15) is 5.00 Å². The van der Waals surface area contributed by atoms with Crippen molar-refractivity contribution < 1.29 is 22.8 Å². The van der Waals surface area contributed by atoms with E-state index in [1.54, 1.807) is 6.07 Å². The molecule has 0 atom stereocenters. The number of likely N-dealkylation sites (N-methyl/N-ethyl adjacent to an activating group) is 1. The number of benzene rings is 2. The molecular weight excluding hydrogens is 587 g/mol. The van der Waals surface area contributed by atoms with E-state index in [1.807, 2.05) is 18.2 Å². The number of anilines is 1. The number of hydrazone groups is 1. The largest absolute Gasteiger partial charge is 0.417 e. The summed E-state index contributed by atoms with van der Waals surface area (Å²) in [7, 11) is 0. The van der Waals surface area contributed by atoms with Gasteiger partial charge in [0.05, 0.1) is 22.4 Å². The Morgan fingerprint density at radius 2 is 1.88 bits per heavy atom. The van der Waals surface area contributed by atoms with E-state index in [1.165, 1.54) is 17.4 Å². The van der Waals surface area contributed by atoms with Gasteiger partial charge in [-0.15, -0.1) is 11.3 Å². The minimum absolute atomic E-state index is 0.124. The SMILES string of the molecule is CCN(CC)CCNCc1cccc(C(=O)Nc2sc3c(c2C(=O)NN=Cc2ccc(Cl)c(C(F)(F)F)c2)CCC3)c1. The molecule has 42 heavy (non-hydrogen) atoms. The van der Waals surface area contributed by atoms with Gasteiger partial charge >= 0.3 is 6.18 Å². The predicted molar refractivity (Wildman–Crippen MR) is 162 cm³/mol. The summed E-state index contributed by atoms with van der Waals surface area (Å²) >= 11 is 7.04. The molecule has 0 spiro atoms. The Balaban J connectivity index is 1.43. The highest BCUT2D eigenvalue weighted by Gasteiger charge is 2.33. The summed E-state index contributed by atoms with van der Waals surface area (Å²) in [6.45, 7) is 8.66. The third-order valence-electron chi connectivity index (χ3n) is 7.07. The van der Waals surface area contributed by atoms with Gasteiger partial charge in [0.15, 0.2) is 0 Å². The lowest BCUT2D eigenvalue weighted by molar-refractivity contribution is -0.137. The van der Waals surface area contributed by atoms with Gasteiger partial charge in [-0.05, 0) is 73.3 Å². The first-order valence-electron chi connectivity index (χ1n) is 13.8. The Morgan fingerprint density at radius 1 is 1.10 bits per heavy atom. The molecule has 7 nitrogen and oxygen atoms in total.